The molecule has 6 nitrogen and oxygen atoms in total. The molecule has 0 aliphatic carbocycles. The van der Waals surface area contributed by atoms with Gasteiger partial charge < -0.3 is 14.6 Å². The Bertz CT molecular complexity index is 1760. The number of aromatic nitrogens is 2. The van der Waals surface area contributed by atoms with Gasteiger partial charge in [-0.05, 0) is 93.1 Å². The molecule has 0 spiro atoms. The van der Waals surface area contributed by atoms with Gasteiger partial charge in [-0.15, -0.1) is 0 Å². The van der Waals surface area contributed by atoms with Crippen molar-refractivity contribution in [3.05, 3.63) is 101 Å². The minimum Gasteiger partial charge on any atom is -0.493 e. The maximum atomic E-state index is 12.8. The van der Waals surface area contributed by atoms with Gasteiger partial charge in [0.1, 0.15) is 5.75 Å². The number of nitrogens with zero attached hydrogens (tertiary/aromatic N) is 2. The molecule has 5 aromatic rings. The van der Waals surface area contributed by atoms with Crippen LogP contribution in [0.15, 0.2) is 72.9 Å². The Hall–Kier alpha value is -4.29. The number of ether oxygens (including phenoxy) is 2. The summed E-state index contributed by atoms with van der Waals surface area (Å²) in [6.45, 7) is 8.20. The molecule has 208 valence electrons. The molecule has 0 bridgehead atoms. The van der Waals surface area contributed by atoms with Crippen LogP contribution in [0.1, 0.15) is 54.8 Å². The summed E-state index contributed by atoms with van der Waals surface area (Å²) < 4.78 is 12.2. The van der Waals surface area contributed by atoms with E-state index in [4.69, 9.17) is 19.4 Å². The number of aryl methyl sites for hydroxylation is 3. The van der Waals surface area contributed by atoms with E-state index in [0.717, 1.165) is 69.2 Å². The Morgan fingerprint density at radius 3 is 2.61 bits per heavy atom. The van der Waals surface area contributed by atoms with Crippen molar-refractivity contribution in [1.29, 1.82) is 0 Å². The van der Waals surface area contributed by atoms with E-state index >= 15 is 0 Å². The fourth-order valence-corrected chi connectivity index (χ4v) is 5.84. The summed E-state index contributed by atoms with van der Waals surface area (Å²) in [4.78, 5) is 22.7. The van der Waals surface area contributed by atoms with E-state index in [9.17, 15) is 9.90 Å². The molecule has 2 aromatic heterocycles. The molecule has 0 saturated carbocycles. The molecule has 0 saturated heterocycles. The molecule has 3 heterocycles. The van der Waals surface area contributed by atoms with Crippen LogP contribution in [0.3, 0.4) is 0 Å². The second kappa shape index (κ2) is 10.6. The lowest BCUT2D eigenvalue weighted by Gasteiger charge is -2.29. The van der Waals surface area contributed by atoms with Crippen molar-refractivity contribution in [1.82, 2.24) is 9.97 Å². The number of carbonyl (C=O) groups is 1. The lowest BCUT2D eigenvalue weighted by Crippen LogP contribution is -2.28. The van der Waals surface area contributed by atoms with E-state index in [2.05, 4.69) is 36.4 Å². The molecule has 6 heteroatoms. The van der Waals surface area contributed by atoms with Gasteiger partial charge in [0, 0.05) is 40.2 Å². The fraction of sp³-hybridized carbons (Fsp3) is 0.286. The van der Waals surface area contributed by atoms with Crippen molar-refractivity contribution < 1.29 is 19.4 Å². The lowest BCUT2D eigenvalue weighted by atomic mass is 9.86. The largest absolute Gasteiger partial charge is 0.493 e. The number of fused-ring (bicyclic) bond motifs is 1. The Morgan fingerprint density at radius 2 is 1.85 bits per heavy atom. The Morgan fingerprint density at radius 1 is 1.05 bits per heavy atom. The number of hydrogen-bond donors (Lipinski definition) is 1. The highest BCUT2D eigenvalue weighted by molar-refractivity contribution is 6.08. The van der Waals surface area contributed by atoms with Crippen LogP contribution in [0.5, 0.6) is 5.75 Å². The molecule has 0 unspecified atom stereocenters. The normalized spacial score (nSPS) is 13.8. The van der Waals surface area contributed by atoms with E-state index in [0.29, 0.717) is 12.2 Å². The Labute approximate surface area is 240 Å². The second-order valence-electron chi connectivity index (χ2n) is 11.7. The van der Waals surface area contributed by atoms with Gasteiger partial charge in [0.15, 0.2) is 6.10 Å². The van der Waals surface area contributed by atoms with Crippen LogP contribution in [0.4, 0.5) is 0 Å². The van der Waals surface area contributed by atoms with Crippen LogP contribution >= 0.6 is 0 Å². The van der Waals surface area contributed by atoms with Gasteiger partial charge in [-0.25, -0.2) is 4.79 Å². The van der Waals surface area contributed by atoms with Crippen LogP contribution in [0.25, 0.3) is 32.9 Å². The number of carboxylic acids is 1. The van der Waals surface area contributed by atoms with Crippen molar-refractivity contribution in [3.8, 4) is 16.9 Å². The summed E-state index contributed by atoms with van der Waals surface area (Å²) in [5.41, 5.74) is 7.45. The quantitative estimate of drug-likeness (QED) is 0.229. The van der Waals surface area contributed by atoms with Crippen molar-refractivity contribution in [2.24, 2.45) is 0 Å². The molecule has 3 aromatic carbocycles. The van der Waals surface area contributed by atoms with Crippen LogP contribution < -0.4 is 4.74 Å². The van der Waals surface area contributed by atoms with E-state index in [-0.39, 0.29) is 0 Å². The van der Waals surface area contributed by atoms with Crippen molar-refractivity contribution in [3.63, 3.8) is 0 Å². The maximum absolute atomic E-state index is 12.8. The standard InChI is InChI=1S/C35H34N2O4/c1-21-20-27-25(13-12-24(37-27)11-10-22-8-6-5-7-9-22)31(29(21)33(34(38)39)41-35(2,3)4)26-14-15-28-30-23(17-19-40-28)16-18-36-32(26)30/h5-9,12-16,18,20,33H,10-11,17,19H2,1-4H3,(H,38,39)/t33-/m0/s1. The van der Waals surface area contributed by atoms with Crippen molar-refractivity contribution >= 4 is 27.8 Å². The fourth-order valence-electron chi connectivity index (χ4n) is 5.84. The van der Waals surface area contributed by atoms with Gasteiger partial charge >= 0.3 is 5.97 Å². The minimum absolute atomic E-state index is 0.623. The van der Waals surface area contributed by atoms with Gasteiger partial charge in [0.2, 0.25) is 0 Å². The third kappa shape index (κ3) is 5.27. The zero-order valence-electron chi connectivity index (χ0n) is 23.9. The van der Waals surface area contributed by atoms with Crippen LogP contribution in [0, 0.1) is 6.92 Å². The highest BCUT2D eigenvalue weighted by Gasteiger charge is 2.33. The molecule has 1 N–H and O–H groups in total. The van der Waals surface area contributed by atoms with Crippen LogP contribution in [0.2, 0.25) is 0 Å². The molecule has 41 heavy (non-hydrogen) atoms. The van der Waals surface area contributed by atoms with Crippen molar-refractivity contribution in [2.45, 2.75) is 58.7 Å². The first-order valence-corrected chi connectivity index (χ1v) is 14.1. The number of rotatable bonds is 7. The first kappa shape index (κ1) is 26.9. The van der Waals surface area contributed by atoms with Crippen LogP contribution in [-0.4, -0.2) is 33.3 Å². The average molecular weight is 547 g/mol. The summed E-state index contributed by atoms with van der Waals surface area (Å²) in [6, 6.07) is 22.5. The highest BCUT2D eigenvalue weighted by atomic mass is 16.5. The van der Waals surface area contributed by atoms with Gasteiger partial charge in [0.05, 0.1) is 23.2 Å². The summed E-state index contributed by atoms with van der Waals surface area (Å²) in [5, 5.41) is 12.3. The summed E-state index contributed by atoms with van der Waals surface area (Å²) in [5.74, 6) is -0.228. The van der Waals surface area contributed by atoms with E-state index in [1.165, 1.54) is 11.1 Å². The monoisotopic (exact) mass is 546 g/mol. The highest BCUT2D eigenvalue weighted by Crippen LogP contribution is 2.44. The maximum Gasteiger partial charge on any atom is 0.337 e. The summed E-state index contributed by atoms with van der Waals surface area (Å²) in [6.07, 6.45) is 3.15. The first-order chi connectivity index (χ1) is 19.7. The molecular formula is C35H34N2O4. The summed E-state index contributed by atoms with van der Waals surface area (Å²) in [7, 11) is 0. The zero-order chi connectivity index (χ0) is 28.7. The average Bonchev–Trinajstić information content (AvgIpc) is 2.95. The predicted molar refractivity (Wildman–Crippen MR) is 161 cm³/mol. The molecule has 6 rings (SSSR count). The number of pyridine rings is 2. The lowest BCUT2D eigenvalue weighted by molar-refractivity contribution is -0.160. The van der Waals surface area contributed by atoms with Gasteiger partial charge in [-0.1, -0.05) is 36.4 Å². The topological polar surface area (TPSA) is 81.5 Å². The molecule has 0 fully saturated rings. The van der Waals surface area contributed by atoms with Crippen LogP contribution in [-0.2, 0) is 28.8 Å². The van der Waals surface area contributed by atoms with Gasteiger partial charge in [0.25, 0.3) is 0 Å². The summed E-state index contributed by atoms with van der Waals surface area (Å²) >= 11 is 0. The third-order valence-electron chi connectivity index (χ3n) is 7.61. The number of hydrogen-bond acceptors (Lipinski definition) is 5. The molecule has 0 amide bonds. The minimum atomic E-state index is -1.17. The van der Waals surface area contributed by atoms with Crippen molar-refractivity contribution in [2.75, 3.05) is 6.61 Å². The molecule has 1 atom stereocenters. The Balaban J connectivity index is 1.59. The molecule has 1 aliphatic rings. The smallest absolute Gasteiger partial charge is 0.337 e. The first-order valence-electron chi connectivity index (χ1n) is 14.1. The number of aliphatic carboxylic acids is 1. The SMILES string of the molecule is Cc1cc2nc(CCc3ccccc3)ccc2c(-c2ccc3c4c(ccnc24)CCO3)c1[C@H](OC(C)(C)C)C(=O)O. The third-order valence-corrected chi connectivity index (χ3v) is 7.61. The van der Waals surface area contributed by atoms with E-state index < -0.39 is 17.7 Å². The number of benzene rings is 3. The Kier molecular flexibility index (Phi) is 6.96. The second-order valence-corrected chi connectivity index (χ2v) is 11.7. The molecule has 0 radical (unpaired) electrons. The zero-order valence-corrected chi connectivity index (χ0v) is 23.9. The number of carboxylic acid groups (broad SMARTS) is 1. The molecule has 1 aliphatic heterocycles. The van der Waals surface area contributed by atoms with Gasteiger partial charge in [-0.2, -0.15) is 0 Å². The predicted octanol–water partition coefficient (Wildman–Crippen LogP) is 7.42. The van der Waals surface area contributed by atoms with Gasteiger partial charge in [-0.3, -0.25) is 9.97 Å². The molecular weight excluding hydrogens is 512 g/mol. The van der Waals surface area contributed by atoms with E-state index in [1.54, 1.807) is 0 Å². The van der Waals surface area contributed by atoms with E-state index in [1.807, 2.05) is 64.2 Å².